The molecule has 1 saturated heterocycles. The minimum atomic E-state index is -0.343. The summed E-state index contributed by atoms with van der Waals surface area (Å²) in [5.41, 5.74) is 1.73. The lowest BCUT2D eigenvalue weighted by molar-refractivity contribution is -0.115. The molecule has 0 aromatic carbocycles. The van der Waals surface area contributed by atoms with E-state index >= 15 is 0 Å². The van der Waals surface area contributed by atoms with E-state index in [1.165, 1.54) is 24.2 Å². The molecule has 2 aliphatic rings. The van der Waals surface area contributed by atoms with Gasteiger partial charge in [0, 0.05) is 21.9 Å². The summed E-state index contributed by atoms with van der Waals surface area (Å²) in [5, 5.41) is 7.32. The number of rotatable bonds is 5. The quantitative estimate of drug-likeness (QED) is 0.778. The van der Waals surface area contributed by atoms with Crippen LogP contribution in [0, 0.1) is 5.92 Å². The van der Waals surface area contributed by atoms with Crippen molar-refractivity contribution in [2.45, 2.75) is 25.8 Å². The number of anilines is 1. The average molecular weight is 372 g/mol. The van der Waals surface area contributed by atoms with Crippen molar-refractivity contribution < 1.29 is 9.59 Å². The molecular formula is C17H16N4O2S2. The van der Waals surface area contributed by atoms with Crippen LogP contribution in [0.4, 0.5) is 10.6 Å². The molecule has 0 spiro atoms. The number of hydrogen-bond acceptors (Lipinski definition) is 7. The zero-order valence-corrected chi connectivity index (χ0v) is 15.1. The molecule has 1 saturated carbocycles. The number of thiophene rings is 1. The zero-order valence-electron chi connectivity index (χ0n) is 13.5. The van der Waals surface area contributed by atoms with Gasteiger partial charge in [-0.05, 0) is 49.6 Å². The molecule has 0 bridgehead atoms. The van der Waals surface area contributed by atoms with Crippen LogP contribution in [0.25, 0.3) is 17.3 Å². The average Bonchev–Trinajstić information content (AvgIpc) is 3.26. The number of hydrogen-bond donors (Lipinski definition) is 2. The Hall–Kier alpha value is -2.19. The van der Waals surface area contributed by atoms with Crippen LogP contribution in [-0.4, -0.2) is 27.2 Å². The second-order valence-electron chi connectivity index (χ2n) is 6.15. The summed E-state index contributed by atoms with van der Waals surface area (Å²) in [6.07, 6.45) is 7.74. The van der Waals surface area contributed by atoms with Crippen molar-refractivity contribution in [2.24, 2.45) is 5.92 Å². The number of imide groups is 1. The van der Waals surface area contributed by atoms with Gasteiger partial charge in [-0.2, -0.15) is 0 Å². The molecule has 0 radical (unpaired) electrons. The molecule has 25 heavy (non-hydrogen) atoms. The number of thioether (sulfide) groups is 1. The SMILES string of the molecule is CC(Nc1cncc(-c2csc(C=C3SC(=O)NC3=O)c2)n1)C1CC1. The van der Waals surface area contributed by atoms with E-state index in [0.29, 0.717) is 10.9 Å². The lowest BCUT2D eigenvalue weighted by atomic mass is 10.2. The molecular weight excluding hydrogens is 356 g/mol. The molecule has 2 aromatic heterocycles. The fourth-order valence-electron chi connectivity index (χ4n) is 2.64. The summed E-state index contributed by atoms with van der Waals surface area (Å²) >= 11 is 2.42. The molecule has 1 aliphatic heterocycles. The highest BCUT2D eigenvalue weighted by atomic mass is 32.2. The number of carbonyl (C=O) groups is 2. The van der Waals surface area contributed by atoms with E-state index in [1.807, 2.05) is 11.4 Å². The lowest BCUT2D eigenvalue weighted by Gasteiger charge is -2.13. The van der Waals surface area contributed by atoms with Gasteiger partial charge in [-0.25, -0.2) is 4.98 Å². The summed E-state index contributed by atoms with van der Waals surface area (Å²) in [4.78, 5) is 33.1. The monoisotopic (exact) mass is 372 g/mol. The van der Waals surface area contributed by atoms with Crippen molar-refractivity contribution in [3.8, 4) is 11.3 Å². The maximum atomic E-state index is 11.6. The van der Waals surface area contributed by atoms with E-state index in [4.69, 9.17) is 0 Å². The molecule has 2 fully saturated rings. The highest BCUT2D eigenvalue weighted by Crippen LogP contribution is 2.34. The van der Waals surface area contributed by atoms with E-state index in [2.05, 4.69) is 27.5 Å². The van der Waals surface area contributed by atoms with Crippen molar-refractivity contribution in [3.05, 3.63) is 33.6 Å². The van der Waals surface area contributed by atoms with E-state index in [9.17, 15) is 9.59 Å². The van der Waals surface area contributed by atoms with Gasteiger partial charge < -0.3 is 5.32 Å². The first-order valence-electron chi connectivity index (χ1n) is 8.01. The molecule has 6 nitrogen and oxygen atoms in total. The Morgan fingerprint density at radius 1 is 1.36 bits per heavy atom. The maximum Gasteiger partial charge on any atom is 0.290 e. The minimum Gasteiger partial charge on any atom is -0.366 e. The van der Waals surface area contributed by atoms with Crippen LogP contribution in [0.5, 0.6) is 0 Å². The standard InChI is InChI=1S/C17H16N4O2S2/c1-9(10-2-3-10)19-15-7-18-6-13(20-15)11-4-12(24-8-11)5-14-16(22)21-17(23)25-14/h4-10H,2-3H2,1H3,(H,19,20)(H,21,22,23). The Morgan fingerprint density at radius 3 is 2.92 bits per heavy atom. The Kier molecular flexibility index (Phi) is 4.30. The van der Waals surface area contributed by atoms with E-state index in [0.717, 1.165) is 39.6 Å². The minimum absolute atomic E-state index is 0.331. The smallest absolute Gasteiger partial charge is 0.290 e. The number of nitrogens with one attached hydrogen (secondary N) is 2. The summed E-state index contributed by atoms with van der Waals surface area (Å²) in [6.45, 7) is 2.17. The van der Waals surface area contributed by atoms with Gasteiger partial charge in [0.15, 0.2) is 0 Å². The number of amides is 2. The second-order valence-corrected chi connectivity index (χ2v) is 8.11. The topological polar surface area (TPSA) is 84.0 Å². The summed E-state index contributed by atoms with van der Waals surface area (Å²) in [6, 6.07) is 2.36. The van der Waals surface area contributed by atoms with Gasteiger partial charge in [0.1, 0.15) is 5.82 Å². The third-order valence-electron chi connectivity index (χ3n) is 4.17. The van der Waals surface area contributed by atoms with Gasteiger partial charge in [0.05, 0.1) is 23.0 Å². The van der Waals surface area contributed by atoms with Crippen molar-refractivity contribution in [1.29, 1.82) is 0 Å². The number of aromatic nitrogens is 2. The first-order valence-corrected chi connectivity index (χ1v) is 9.70. The maximum absolute atomic E-state index is 11.6. The van der Waals surface area contributed by atoms with Crippen LogP contribution in [-0.2, 0) is 4.79 Å². The number of nitrogens with zero attached hydrogens (tertiary/aromatic N) is 2. The molecule has 128 valence electrons. The molecule has 4 rings (SSSR count). The van der Waals surface area contributed by atoms with Crippen LogP contribution < -0.4 is 10.6 Å². The van der Waals surface area contributed by atoms with Crippen LogP contribution in [0.3, 0.4) is 0 Å². The Labute approximate surface area is 153 Å². The fourth-order valence-corrected chi connectivity index (χ4v) is 4.22. The second kappa shape index (κ2) is 6.61. The first-order chi connectivity index (χ1) is 12.1. The van der Waals surface area contributed by atoms with Crippen molar-refractivity contribution in [2.75, 3.05) is 5.32 Å². The third-order valence-corrected chi connectivity index (χ3v) is 5.86. The Balaban J connectivity index is 1.52. The van der Waals surface area contributed by atoms with Crippen molar-refractivity contribution in [3.63, 3.8) is 0 Å². The van der Waals surface area contributed by atoms with Crippen LogP contribution in [0.15, 0.2) is 28.7 Å². The zero-order chi connectivity index (χ0) is 17.4. The van der Waals surface area contributed by atoms with Crippen LogP contribution in [0.1, 0.15) is 24.6 Å². The first kappa shape index (κ1) is 16.3. The van der Waals surface area contributed by atoms with Gasteiger partial charge in [-0.3, -0.25) is 19.9 Å². The largest absolute Gasteiger partial charge is 0.366 e. The predicted octanol–water partition coefficient (Wildman–Crippen LogP) is 3.74. The van der Waals surface area contributed by atoms with Crippen molar-refractivity contribution in [1.82, 2.24) is 15.3 Å². The van der Waals surface area contributed by atoms with Gasteiger partial charge in [0.25, 0.3) is 11.1 Å². The number of carbonyl (C=O) groups excluding carboxylic acids is 2. The molecule has 1 aliphatic carbocycles. The Bertz CT molecular complexity index is 873. The predicted molar refractivity (Wildman–Crippen MR) is 100 cm³/mol. The van der Waals surface area contributed by atoms with Crippen molar-refractivity contribution >= 4 is 46.1 Å². The van der Waals surface area contributed by atoms with E-state index < -0.39 is 0 Å². The van der Waals surface area contributed by atoms with Gasteiger partial charge >= 0.3 is 0 Å². The molecule has 3 heterocycles. The van der Waals surface area contributed by atoms with Crippen LogP contribution in [0.2, 0.25) is 0 Å². The molecule has 2 N–H and O–H groups in total. The molecule has 2 aromatic rings. The van der Waals surface area contributed by atoms with E-state index in [-0.39, 0.29) is 11.1 Å². The normalized spacial score (nSPS) is 20.0. The molecule has 1 unspecified atom stereocenters. The summed E-state index contributed by atoms with van der Waals surface area (Å²) in [7, 11) is 0. The molecule has 2 amide bonds. The highest BCUT2D eigenvalue weighted by molar-refractivity contribution is 8.18. The van der Waals surface area contributed by atoms with Gasteiger partial charge in [-0.15, -0.1) is 11.3 Å². The molecule has 1 atom stereocenters. The van der Waals surface area contributed by atoms with Crippen LogP contribution >= 0.6 is 23.1 Å². The molecule has 8 heteroatoms. The highest BCUT2D eigenvalue weighted by Gasteiger charge is 2.28. The van der Waals surface area contributed by atoms with E-state index in [1.54, 1.807) is 18.5 Å². The van der Waals surface area contributed by atoms with Gasteiger partial charge in [-0.1, -0.05) is 0 Å². The summed E-state index contributed by atoms with van der Waals surface area (Å²) in [5.74, 6) is 1.17. The lowest BCUT2D eigenvalue weighted by Crippen LogP contribution is -2.18. The summed E-state index contributed by atoms with van der Waals surface area (Å²) < 4.78 is 0. The fraction of sp³-hybridized carbons (Fsp3) is 0.294. The third kappa shape index (κ3) is 3.74. The Morgan fingerprint density at radius 2 is 2.20 bits per heavy atom. The van der Waals surface area contributed by atoms with Gasteiger partial charge in [0.2, 0.25) is 0 Å².